The molecule has 0 unspecified atom stereocenters. The van der Waals surface area contributed by atoms with Gasteiger partial charge >= 0.3 is 0 Å². The van der Waals surface area contributed by atoms with Crippen LogP contribution < -0.4 is 4.90 Å². The second kappa shape index (κ2) is 7.17. The molecule has 2 saturated heterocycles. The third-order valence-corrected chi connectivity index (χ3v) is 5.77. The Hall–Kier alpha value is -1.50. The quantitative estimate of drug-likeness (QED) is 0.856. The second-order valence-electron chi connectivity index (χ2n) is 6.98. The molecule has 2 fully saturated rings. The summed E-state index contributed by atoms with van der Waals surface area (Å²) in [4.78, 5) is 13.7. The highest BCUT2D eigenvalue weighted by molar-refractivity contribution is 7.07. The smallest absolute Gasteiger partial charge is 0.147 e. The van der Waals surface area contributed by atoms with Crippen molar-refractivity contribution in [2.45, 2.75) is 19.4 Å². The number of aromatic nitrogens is 2. The first-order valence-corrected chi connectivity index (χ1v) is 9.59. The average molecular weight is 344 g/mol. The SMILES string of the molecule is c1cnc(N2CCOC[C@@]3(CCCN(Cc4ccsc4)C3)C2)cn1. The maximum absolute atomic E-state index is 6.01. The molecule has 0 aromatic carbocycles. The molecule has 0 N–H and O–H groups in total. The van der Waals surface area contributed by atoms with E-state index in [0.717, 1.165) is 45.2 Å². The van der Waals surface area contributed by atoms with Crippen LogP contribution in [0.2, 0.25) is 0 Å². The van der Waals surface area contributed by atoms with Crippen molar-refractivity contribution in [3.05, 3.63) is 41.0 Å². The summed E-state index contributed by atoms with van der Waals surface area (Å²) in [5.41, 5.74) is 1.62. The third-order valence-electron chi connectivity index (χ3n) is 5.04. The summed E-state index contributed by atoms with van der Waals surface area (Å²) in [5.74, 6) is 0.970. The normalized spacial score (nSPS) is 25.8. The van der Waals surface area contributed by atoms with Crippen LogP contribution in [0.5, 0.6) is 0 Å². The van der Waals surface area contributed by atoms with Gasteiger partial charge in [-0.1, -0.05) is 0 Å². The lowest BCUT2D eigenvalue weighted by Crippen LogP contribution is -2.50. The van der Waals surface area contributed by atoms with E-state index in [1.807, 2.05) is 6.20 Å². The fourth-order valence-electron chi connectivity index (χ4n) is 3.98. The van der Waals surface area contributed by atoms with Crippen molar-refractivity contribution in [1.29, 1.82) is 0 Å². The highest BCUT2D eigenvalue weighted by Crippen LogP contribution is 2.34. The van der Waals surface area contributed by atoms with E-state index in [4.69, 9.17) is 4.74 Å². The fraction of sp³-hybridized carbons (Fsp3) is 0.556. The summed E-state index contributed by atoms with van der Waals surface area (Å²) in [7, 11) is 0. The van der Waals surface area contributed by atoms with E-state index in [-0.39, 0.29) is 5.41 Å². The van der Waals surface area contributed by atoms with Crippen molar-refractivity contribution in [2.75, 3.05) is 44.3 Å². The summed E-state index contributed by atoms with van der Waals surface area (Å²) in [6.07, 6.45) is 7.84. The van der Waals surface area contributed by atoms with Crippen molar-refractivity contribution in [3.63, 3.8) is 0 Å². The van der Waals surface area contributed by atoms with E-state index in [9.17, 15) is 0 Å². The van der Waals surface area contributed by atoms with Gasteiger partial charge in [-0.25, -0.2) is 4.98 Å². The van der Waals surface area contributed by atoms with E-state index in [1.165, 1.54) is 24.9 Å². The number of ether oxygens (including phenoxy) is 1. The van der Waals surface area contributed by atoms with Gasteiger partial charge in [0.25, 0.3) is 0 Å². The molecule has 1 spiro atoms. The largest absolute Gasteiger partial charge is 0.379 e. The fourth-order valence-corrected chi connectivity index (χ4v) is 4.64. The number of hydrogen-bond donors (Lipinski definition) is 0. The number of nitrogens with zero attached hydrogens (tertiary/aromatic N) is 4. The van der Waals surface area contributed by atoms with Crippen LogP contribution >= 0.6 is 11.3 Å². The number of rotatable bonds is 3. The lowest BCUT2D eigenvalue weighted by Gasteiger charge is -2.43. The monoisotopic (exact) mass is 344 g/mol. The van der Waals surface area contributed by atoms with Crippen LogP contribution in [0.1, 0.15) is 18.4 Å². The molecule has 0 amide bonds. The zero-order valence-electron chi connectivity index (χ0n) is 13.9. The van der Waals surface area contributed by atoms with Crippen LogP contribution in [0.25, 0.3) is 0 Å². The Morgan fingerprint density at radius 2 is 2.25 bits per heavy atom. The van der Waals surface area contributed by atoms with E-state index >= 15 is 0 Å². The maximum atomic E-state index is 6.01. The van der Waals surface area contributed by atoms with Crippen LogP contribution in [-0.2, 0) is 11.3 Å². The van der Waals surface area contributed by atoms with Gasteiger partial charge in [0.2, 0.25) is 0 Å². The summed E-state index contributed by atoms with van der Waals surface area (Å²) in [5, 5.41) is 4.43. The molecule has 6 heteroatoms. The summed E-state index contributed by atoms with van der Waals surface area (Å²) >= 11 is 1.78. The zero-order valence-corrected chi connectivity index (χ0v) is 14.7. The van der Waals surface area contributed by atoms with Gasteiger partial charge in [0.05, 0.1) is 19.4 Å². The van der Waals surface area contributed by atoms with Crippen molar-refractivity contribution in [2.24, 2.45) is 5.41 Å². The van der Waals surface area contributed by atoms with Gasteiger partial charge in [0.1, 0.15) is 5.82 Å². The molecular weight excluding hydrogens is 320 g/mol. The van der Waals surface area contributed by atoms with Crippen molar-refractivity contribution in [3.8, 4) is 0 Å². The highest BCUT2D eigenvalue weighted by atomic mass is 32.1. The Morgan fingerprint density at radius 1 is 1.25 bits per heavy atom. The summed E-state index contributed by atoms with van der Waals surface area (Å²) < 4.78 is 6.01. The average Bonchev–Trinajstić information content (AvgIpc) is 3.03. The zero-order chi connectivity index (χ0) is 16.2. The third kappa shape index (κ3) is 3.61. The number of anilines is 1. The van der Waals surface area contributed by atoms with Gasteiger partial charge < -0.3 is 9.64 Å². The standard InChI is InChI=1S/C18H24N4OS/c1-3-18(13-21(6-1)11-16-2-9-24-12-16)14-22(7-8-23-15-18)17-10-19-4-5-20-17/h2,4-5,9-10,12H,1,3,6-8,11,13-15H2/t18-/m1/s1. The minimum atomic E-state index is 0.197. The van der Waals surface area contributed by atoms with Crippen molar-refractivity contribution < 1.29 is 4.74 Å². The minimum absolute atomic E-state index is 0.197. The number of thiophene rings is 1. The van der Waals surface area contributed by atoms with E-state index in [0.29, 0.717) is 0 Å². The van der Waals surface area contributed by atoms with Crippen LogP contribution in [0.3, 0.4) is 0 Å². The van der Waals surface area contributed by atoms with E-state index in [2.05, 4.69) is 36.6 Å². The number of hydrogen-bond acceptors (Lipinski definition) is 6. The highest BCUT2D eigenvalue weighted by Gasteiger charge is 2.39. The molecule has 24 heavy (non-hydrogen) atoms. The summed E-state index contributed by atoms with van der Waals surface area (Å²) in [6.45, 7) is 6.85. The molecule has 0 saturated carbocycles. The molecular formula is C18H24N4OS. The Kier molecular flexibility index (Phi) is 4.78. The van der Waals surface area contributed by atoms with Crippen molar-refractivity contribution in [1.82, 2.24) is 14.9 Å². The van der Waals surface area contributed by atoms with Crippen LogP contribution in [0, 0.1) is 5.41 Å². The molecule has 2 aliphatic rings. The van der Waals surface area contributed by atoms with E-state index < -0.39 is 0 Å². The lowest BCUT2D eigenvalue weighted by atomic mass is 9.80. The molecule has 0 bridgehead atoms. The Balaban J connectivity index is 1.49. The number of piperidine rings is 1. The summed E-state index contributed by atoms with van der Waals surface area (Å²) in [6, 6.07) is 2.24. The number of likely N-dealkylation sites (tertiary alicyclic amines) is 1. The molecule has 2 aromatic rings. The van der Waals surface area contributed by atoms with Crippen LogP contribution in [0.4, 0.5) is 5.82 Å². The minimum Gasteiger partial charge on any atom is -0.379 e. The topological polar surface area (TPSA) is 41.5 Å². The molecule has 1 atom stereocenters. The molecule has 0 aliphatic carbocycles. The molecule has 0 radical (unpaired) electrons. The van der Waals surface area contributed by atoms with Crippen LogP contribution in [0.15, 0.2) is 35.4 Å². The lowest BCUT2D eigenvalue weighted by molar-refractivity contribution is 0.0107. The Labute approximate surface area is 147 Å². The van der Waals surface area contributed by atoms with Gasteiger partial charge in [0.15, 0.2) is 0 Å². The van der Waals surface area contributed by atoms with Gasteiger partial charge in [-0.05, 0) is 41.8 Å². The first-order chi connectivity index (χ1) is 11.8. The maximum Gasteiger partial charge on any atom is 0.147 e. The first kappa shape index (κ1) is 16.0. The Bertz CT molecular complexity index is 636. The molecule has 2 aliphatic heterocycles. The molecule has 128 valence electrons. The predicted molar refractivity (Wildman–Crippen MR) is 96.3 cm³/mol. The van der Waals surface area contributed by atoms with Gasteiger partial charge in [-0.15, -0.1) is 0 Å². The molecule has 5 nitrogen and oxygen atoms in total. The molecule has 4 heterocycles. The van der Waals surface area contributed by atoms with Crippen molar-refractivity contribution >= 4 is 17.2 Å². The molecule has 4 rings (SSSR count). The molecule has 2 aromatic heterocycles. The van der Waals surface area contributed by atoms with Gasteiger partial charge in [-0.2, -0.15) is 11.3 Å². The Morgan fingerprint density at radius 3 is 3.08 bits per heavy atom. The first-order valence-electron chi connectivity index (χ1n) is 8.65. The van der Waals surface area contributed by atoms with E-state index in [1.54, 1.807) is 23.7 Å². The van der Waals surface area contributed by atoms with Crippen LogP contribution in [-0.4, -0.2) is 54.3 Å². The van der Waals surface area contributed by atoms with Gasteiger partial charge in [0, 0.05) is 44.0 Å². The predicted octanol–water partition coefficient (Wildman–Crippen LogP) is 2.66. The van der Waals surface area contributed by atoms with Gasteiger partial charge in [-0.3, -0.25) is 9.88 Å². The second-order valence-corrected chi connectivity index (χ2v) is 7.76.